The zero-order valence-electron chi connectivity index (χ0n) is 14.9. The minimum absolute atomic E-state index is 0.222. The number of rotatable bonds is 5. The van der Waals surface area contributed by atoms with E-state index in [2.05, 4.69) is 56.6 Å². The summed E-state index contributed by atoms with van der Waals surface area (Å²) in [7, 11) is 2.06. The van der Waals surface area contributed by atoms with Crippen LogP contribution >= 0.6 is 0 Å². The van der Waals surface area contributed by atoms with Crippen LogP contribution in [0, 0.1) is 12.8 Å². The fourth-order valence-electron chi connectivity index (χ4n) is 3.68. The number of nitrogens with one attached hydrogen (secondary N) is 1. The lowest BCUT2D eigenvalue weighted by Gasteiger charge is -2.30. The highest BCUT2D eigenvalue weighted by molar-refractivity contribution is 5.41. The van der Waals surface area contributed by atoms with Crippen molar-refractivity contribution >= 4 is 5.65 Å². The van der Waals surface area contributed by atoms with E-state index in [0.717, 1.165) is 44.1 Å². The Morgan fingerprint density at radius 1 is 1.28 bits per heavy atom. The van der Waals surface area contributed by atoms with E-state index < -0.39 is 0 Å². The molecule has 132 valence electrons. The second kappa shape index (κ2) is 6.98. The summed E-state index contributed by atoms with van der Waals surface area (Å²) >= 11 is 0. The molecular weight excluding hydrogens is 314 g/mol. The molecule has 0 bridgehead atoms. The molecule has 6 heteroatoms. The first-order valence-electron chi connectivity index (χ1n) is 8.93. The van der Waals surface area contributed by atoms with E-state index >= 15 is 0 Å². The normalized spacial score (nSPS) is 17.2. The van der Waals surface area contributed by atoms with Crippen molar-refractivity contribution in [3.05, 3.63) is 54.0 Å². The lowest BCUT2D eigenvalue weighted by atomic mass is 9.91. The van der Waals surface area contributed by atoms with E-state index in [0.29, 0.717) is 5.92 Å². The summed E-state index contributed by atoms with van der Waals surface area (Å²) in [5, 5.41) is 3.75. The van der Waals surface area contributed by atoms with E-state index in [1.807, 2.05) is 18.6 Å². The van der Waals surface area contributed by atoms with Gasteiger partial charge in [-0.1, -0.05) is 6.07 Å². The zero-order valence-corrected chi connectivity index (χ0v) is 14.9. The van der Waals surface area contributed by atoms with Gasteiger partial charge in [-0.05, 0) is 37.3 Å². The Bertz CT molecular complexity index is 846. The molecule has 1 aliphatic heterocycles. The number of fused-ring (bicyclic) bond motifs is 1. The SMILES string of the molecule is Cc1ccc2ncc(CN[C@@H](c3nccn3C)C3CCOCC3)n2c1. The second-order valence-corrected chi connectivity index (χ2v) is 6.89. The summed E-state index contributed by atoms with van der Waals surface area (Å²) in [5.41, 5.74) is 3.39. The highest BCUT2D eigenvalue weighted by atomic mass is 16.5. The van der Waals surface area contributed by atoms with Gasteiger partial charge < -0.3 is 19.0 Å². The Balaban J connectivity index is 1.57. The molecule has 0 aromatic carbocycles. The van der Waals surface area contributed by atoms with Gasteiger partial charge in [0.1, 0.15) is 11.5 Å². The number of aryl methyl sites for hydroxylation is 2. The van der Waals surface area contributed by atoms with Crippen molar-refractivity contribution in [2.24, 2.45) is 13.0 Å². The van der Waals surface area contributed by atoms with Crippen LogP contribution < -0.4 is 5.32 Å². The van der Waals surface area contributed by atoms with Crippen LogP contribution in [0.3, 0.4) is 0 Å². The third-order valence-corrected chi connectivity index (χ3v) is 5.11. The molecule has 1 fully saturated rings. The average molecular weight is 339 g/mol. The van der Waals surface area contributed by atoms with Crippen LogP contribution in [-0.4, -0.2) is 32.1 Å². The molecule has 1 atom stereocenters. The van der Waals surface area contributed by atoms with Crippen molar-refractivity contribution in [2.75, 3.05) is 13.2 Å². The van der Waals surface area contributed by atoms with Gasteiger partial charge in [0.2, 0.25) is 0 Å². The largest absolute Gasteiger partial charge is 0.381 e. The fourth-order valence-corrected chi connectivity index (χ4v) is 3.68. The maximum Gasteiger partial charge on any atom is 0.136 e. The van der Waals surface area contributed by atoms with Gasteiger partial charge in [-0.2, -0.15) is 0 Å². The molecule has 0 unspecified atom stereocenters. The number of ether oxygens (including phenoxy) is 1. The maximum atomic E-state index is 5.55. The molecule has 6 nitrogen and oxygen atoms in total. The fraction of sp³-hybridized carbons (Fsp3) is 0.474. The van der Waals surface area contributed by atoms with E-state index in [1.165, 1.54) is 11.3 Å². The number of imidazole rings is 2. The Labute approximate surface area is 147 Å². The van der Waals surface area contributed by atoms with Gasteiger partial charge >= 0.3 is 0 Å². The smallest absolute Gasteiger partial charge is 0.136 e. The topological polar surface area (TPSA) is 56.4 Å². The van der Waals surface area contributed by atoms with Gasteiger partial charge in [-0.15, -0.1) is 0 Å². The minimum Gasteiger partial charge on any atom is -0.381 e. The summed E-state index contributed by atoms with van der Waals surface area (Å²) in [6.45, 7) is 4.54. The number of nitrogens with zero attached hydrogens (tertiary/aromatic N) is 4. The Kier molecular flexibility index (Phi) is 4.55. The first-order chi connectivity index (χ1) is 12.2. The third kappa shape index (κ3) is 3.32. The molecule has 0 radical (unpaired) electrons. The van der Waals surface area contributed by atoms with Crippen LogP contribution in [0.15, 0.2) is 36.9 Å². The van der Waals surface area contributed by atoms with Gasteiger partial charge in [-0.25, -0.2) is 9.97 Å². The van der Waals surface area contributed by atoms with Crippen molar-refractivity contribution in [2.45, 2.75) is 32.4 Å². The predicted molar refractivity (Wildman–Crippen MR) is 96.3 cm³/mol. The van der Waals surface area contributed by atoms with E-state index in [4.69, 9.17) is 4.74 Å². The first-order valence-corrected chi connectivity index (χ1v) is 8.93. The van der Waals surface area contributed by atoms with Crippen LogP contribution in [0.4, 0.5) is 0 Å². The number of hydrogen-bond donors (Lipinski definition) is 1. The third-order valence-electron chi connectivity index (χ3n) is 5.11. The molecule has 3 aromatic rings. The Morgan fingerprint density at radius 3 is 2.88 bits per heavy atom. The number of aromatic nitrogens is 4. The van der Waals surface area contributed by atoms with Crippen molar-refractivity contribution in [1.29, 1.82) is 0 Å². The second-order valence-electron chi connectivity index (χ2n) is 6.89. The molecular formula is C19H25N5O. The first kappa shape index (κ1) is 16.3. The zero-order chi connectivity index (χ0) is 17.2. The van der Waals surface area contributed by atoms with Crippen LogP contribution in [0.5, 0.6) is 0 Å². The molecule has 1 saturated heterocycles. The lowest BCUT2D eigenvalue weighted by Crippen LogP contribution is -2.33. The van der Waals surface area contributed by atoms with E-state index in [9.17, 15) is 0 Å². The summed E-state index contributed by atoms with van der Waals surface area (Å²) < 4.78 is 9.83. The lowest BCUT2D eigenvalue weighted by molar-refractivity contribution is 0.0517. The van der Waals surface area contributed by atoms with E-state index in [1.54, 1.807) is 0 Å². The molecule has 25 heavy (non-hydrogen) atoms. The van der Waals surface area contributed by atoms with Gasteiger partial charge in [0.15, 0.2) is 0 Å². The summed E-state index contributed by atoms with van der Waals surface area (Å²) in [4.78, 5) is 9.12. The van der Waals surface area contributed by atoms with Crippen LogP contribution in [-0.2, 0) is 18.3 Å². The van der Waals surface area contributed by atoms with Crippen molar-refractivity contribution in [1.82, 2.24) is 24.3 Å². The summed E-state index contributed by atoms with van der Waals surface area (Å²) in [5.74, 6) is 1.63. The van der Waals surface area contributed by atoms with Crippen molar-refractivity contribution in [3.8, 4) is 0 Å². The molecule has 1 aliphatic rings. The predicted octanol–water partition coefficient (Wildman–Crippen LogP) is 2.63. The molecule has 1 N–H and O–H groups in total. The summed E-state index contributed by atoms with van der Waals surface area (Å²) in [6.07, 6.45) is 10.1. The Morgan fingerprint density at radius 2 is 2.12 bits per heavy atom. The van der Waals surface area contributed by atoms with E-state index in [-0.39, 0.29) is 6.04 Å². The van der Waals surface area contributed by atoms with Crippen molar-refractivity contribution < 1.29 is 4.74 Å². The number of hydrogen-bond acceptors (Lipinski definition) is 4. The molecule has 3 aromatic heterocycles. The number of pyridine rings is 1. The van der Waals surface area contributed by atoms with Gasteiger partial charge in [-0.3, -0.25) is 0 Å². The Hall–Kier alpha value is -2.18. The molecule has 0 spiro atoms. The molecule has 4 heterocycles. The van der Waals surface area contributed by atoms with Gasteiger partial charge in [0, 0.05) is 45.4 Å². The summed E-state index contributed by atoms with van der Waals surface area (Å²) in [6, 6.07) is 4.38. The minimum atomic E-state index is 0.222. The van der Waals surface area contributed by atoms with Crippen LogP contribution in [0.25, 0.3) is 5.65 Å². The standard InChI is InChI=1S/C19H25N5O/c1-14-3-4-17-21-11-16(24(17)13-14)12-22-18(15-5-9-25-10-6-15)19-20-7-8-23(19)2/h3-4,7-8,11,13,15,18,22H,5-6,9-10,12H2,1-2H3/t18-/m1/s1. The average Bonchev–Trinajstić information content (AvgIpc) is 3.23. The quantitative estimate of drug-likeness (QED) is 0.776. The van der Waals surface area contributed by atoms with Gasteiger partial charge in [0.25, 0.3) is 0 Å². The molecule has 0 amide bonds. The highest BCUT2D eigenvalue weighted by Crippen LogP contribution is 2.29. The van der Waals surface area contributed by atoms with Gasteiger partial charge in [0.05, 0.1) is 17.9 Å². The van der Waals surface area contributed by atoms with Crippen molar-refractivity contribution in [3.63, 3.8) is 0 Å². The van der Waals surface area contributed by atoms with Crippen LogP contribution in [0.1, 0.15) is 36.0 Å². The molecule has 0 saturated carbocycles. The molecule has 4 rings (SSSR count). The highest BCUT2D eigenvalue weighted by Gasteiger charge is 2.28. The van der Waals surface area contributed by atoms with Crippen LogP contribution in [0.2, 0.25) is 0 Å². The monoisotopic (exact) mass is 339 g/mol. The maximum absolute atomic E-state index is 5.55. The molecule has 0 aliphatic carbocycles.